The highest BCUT2D eigenvalue weighted by Crippen LogP contribution is 2.41. The van der Waals surface area contributed by atoms with Crippen LogP contribution >= 0.6 is 0 Å². The van der Waals surface area contributed by atoms with Gasteiger partial charge in [0, 0.05) is 29.8 Å². The minimum atomic E-state index is -0.843. The second-order valence-electron chi connectivity index (χ2n) is 7.79. The molecule has 2 nitrogen and oxygen atoms in total. The van der Waals surface area contributed by atoms with E-state index in [1.165, 1.54) is 18.2 Å². The third-order valence-electron chi connectivity index (χ3n) is 6.13. The van der Waals surface area contributed by atoms with Crippen molar-refractivity contribution in [2.45, 2.75) is 38.0 Å². The minimum Gasteiger partial charge on any atom is -0.257 e. The van der Waals surface area contributed by atoms with Gasteiger partial charge in [0.05, 0.1) is 11.2 Å². The predicted octanol–water partition coefficient (Wildman–Crippen LogP) is 6.25. The van der Waals surface area contributed by atoms with E-state index in [1.807, 2.05) is 6.07 Å². The van der Waals surface area contributed by atoms with Gasteiger partial charge in [0.15, 0.2) is 11.6 Å². The molecule has 0 N–H and O–H groups in total. The molecule has 0 saturated heterocycles. The molecule has 1 aliphatic carbocycles. The van der Waals surface area contributed by atoms with Crippen LogP contribution in [0.2, 0.25) is 0 Å². The van der Waals surface area contributed by atoms with Crippen LogP contribution in [0.3, 0.4) is 0 Å². The molecule has 1 aliphatic heterocycles. The number of benzene rings is 2. The summed E-state index contributed by atoms with van der Waals surface area (Å²) in [4.78, 5) is 8.93. The van der Waals surface area contributed by atoms with Crippen molar-refractivity contribution in [3.8, 4) is 0 Å². The molecule has 0 spiro atoms. The van der Waals surface area contributed by atoms with Crippen molar-refractivity contribution >= 4 is 22.3 Å². The van der Waals surface area contributed by atoms with Gasteiger partial charge in [0.25, 0.3) is 0 Å². The summed E-state index contributed by atoms with van der Waals surface area (Å²) < 4.78 is 40.7. The highest BCUT2D eigenvalue weighted by Gasteiger charge is 2.29. The normalized spacial score (nSPS) is 21.6. The van der Waals surface area contributed by atoms with Gasteiger partial charge in [-0.1, -0.05) is 0 Å². The fourth-order valence-electron chi connectivity index (χ4n) is 4.68. The summed E-state index contributed by atoms with van der Waals surface area (Å²) in [6.07, 6.45) is 6.31. The third kappa shape index (κ3) is 2.99. The summed E-state index contributed by atoms with van der Waals surface area (Å²) in [5, 5.41) is 0.891. The van der Waals surface area contributed by atoms with Crippen LogP contribution in [0, 0.1) is 23.4 Å². The van der Waals surface area contributed by atoms with Crippen LogP contribution in [-0.4, -0.2) is 10.7 Å². The molecule has 5 rings (SSSR count). The van der Waals surface area contributed by atoms with E-state index in [9.17, 15) is 13.2 Å². The second kappa shape index (κ2) is 6.73. The Hall–Kier alpha value is -2.69. The van der Waals surface area contributed by atoms with E-state index in [1.54, 1.807) is 18.3 Å². The van der Waals surface area contributed by atoms with Crippen molar-refractivity contribution < 1.29 is 13.2 Å². The molecule has 1 saturated carbocycles. The Morgan fingerprint density at radius 1 is 0.821 bits per heavy atom. The lowest BCUT2D eigenvalue weighted by Crippen LogP contribution is -2.21. The van der Waals surface area contributed by atoms with Gasteiger partial charge in [-0.25, -0.2) is 13.2 Å². The first-order valence-electron chi connectivity index (χ1n) is 9.68. The molecular weight excluding hydrogens is 361 g/mol. The molecule has 28 heavy (non-hydrogen) atoms. The number of pyridine rings is 1. The van der Waals surface area contributed by atoms with Gasteiger partial charge in [-0.15, -0.1) is 0 Å². The Bertz CT molecular complexity index is 1100. The van der Waals surface area contributed by atoms with Crippen molar-refractivity contribution in [2.75, 3.05) is 0 Å². The number of rotatable bonds is 2. The lowest BCUT2D eigenvalue weighted by Gasteiger charge is -2.29. The van der Waals surface area contributed by atoms with E-state index in [4.69, 9.17) is 0 Å². The fourth-order valence-corrected chi connectivity index (χ4v) is 4.68. The molecular formula is C23H19F3N2. The highest BCUT2D eigenvalue weighted by molar-refractivity contribution is 5.95. The summed E-state index contributed by atoms with van der Waals surface area (Å²) in [5.41, 5.74) is 4.34. The van der Waals surface area contributed by atoms with Gasteiger partial charge in [-0.2, -0.15) is 0 Å². The Balaban J connectivity index is 1.34. The molecule has 2 aliphatic rings. The van der Waals surface area contributed by atoms with Gasteiger partial charge in [0.2, 0.25) is 0 Å². The SMILES string of the molecule is Fc1ccc2nccc(C3CCC(C4=Nc5cc(F)c(F)cc5C4)CC3)c2c1. The number of aromatic nitrogens is 1. The van der Waals surface area contributed by atoms with Crippen LogP contribution in [0.1, 0.15) is 42.7 Å². The minimum absolute atomic E-state index is 0.243. The van der Waals surface area contributed by atoms with Crippen molar-refractivity contribution in [3.63, 3.8) is 0 Å². The Kier molecular flexibility index (Phi) is 4.18. The van der Waals surface area contributed by atoms with Crippen molar-refractivity contribution in [2.24, 2.45) is 10.9 Å². The molecule has 0 atom stereocenters. The van der Waals surface area contributed by atoms with E-state index in [2.05, 4.69) is 9.98 Å². The first kappa shape index (κ1) is 17.4. The third-order valence-corrected chi connectivity index (χ3v) is 6.13. The van der Waals surface area contributed by atoms with E-state index >= 15 is 0 Å². The number of nitrogens with zero attached hydrogens (tertiary/aromatic N) is 2. The zero-order valence-corrected chi connectivity index (χ0v) is 15.3. The number of fused-ring (bicyclic) bond motifs is 2. The molecule has 0 bridgehead atoms. The Morgan fingerprint density at radius 3 is 2.39 bits per heavy atom. The molecule has 0 unspecified atom stereocenters. The topological polar surface area (TPSA) is 25.2 Å². The summed E-state index contributed by atoms with van der Waals surface area (Å²) in [6.45, 7) is 0. The van der Waals surface area contributed by atoms with Crippen molar-refractivity contribution in [1.29, 1.82) is 0 Å². The standard InChI is InChI=1S/C23H19F3N2/c24-16-5-6-21-18(11-16)17(7-8-27-21)13-1-3-14(4-2-13)22-10-15-9-19(25)20(26)12-23(15)28-22/h5-9,11-14H,1-4,10H2. The zero-order valence-electron chi connectivity index (χ0n) is 15.3. The lowest BCUT2D eigenvalue weighted by atomic mass is 9.76. The summed E-state index contributed by atoms with van der Waals surface area (Å²) in [6, 6.07) is 9.21. The van der Waals surface area contributed by atoms with Gasteiger partial charge >= 0.3 is 0 Å². The predicted molar refractivity (Wildman–Crippen MR) is 104 cm³/mol. The second-order valence-corrected chi connectivity index (χ2v) is 7.79. The van der Waals surface area contributed by atoms with Crippen molar-refractivity contribution in [3.05, 3.63) is 71.2 Å². The first-order valence-corrected chi connectivity index (χ1v) is 9.68. The van der Waals surface area contributed by atoms with Crippen LogP contribution in [0.15, 0.2) is 47.6 Å². The lowest BCUT2D eigenvalue weighted by molar-refractivity contribution is 0.392. The monoisotopic (exact) mass is 380 g/mol. The smallest absolute Gasteiger partial charge is 0.160 e. The molecule has 2 heterocycles. The molecule has 0 radical (unpaired) electrons. The van der Waals surface area contributed by atoms with Gasteiger partial charge in [-0.05, 0) is 79.0 Å². The van der Waals surface area contributed by atoms with Gasteiger partial charge in [0.1, 0.15) is 5.82 Å². The zero-order chi connectivity index (χ0) is 19.3. The molecule has 3 aromatic rings. The van der Waals surface area contributed by atoms with Crippen LogP contribution in [-0.2, 0) is 6.42 Å². The average molecular weight is 380 g/mol. The molecule has 1 fully saturated rings. The fraction of sp³-hybridized carbons (Fsp3) is 0.304. The maximum Gasteiger partial charge on any atom is 0.160 e. The number of hydrogen-bond acceptors (Lipinski definition) is 2. The van der Waals surface area contributed by atoms with Crippen LogP contribution in [0.25, 0.3) is 10.9 Å². The Labute approximate surface area is 161 Å². The molecule has 0 amide bonds. The molecule has 5 heteroatoms. The number of hydrogen-bond donors (Lipinski definition) is 0. The summed E-state index contributed by atoms with van der Waals surface area (Å²) >= 11 is 0. The number of halogens is 3. The van der Waals surface area contributed by atoms with Crippen LogP contribution in [0.4, 0.5) is 18.9 Å². The van der Waals surface area contributed by atoms with Gasteiger partial charge in [-0.3, -0.25) is 9.98 Å². The molecule has 1 aromatic heterocycles. The summed E-state index contributed by atoms with van der Waals surface area (Å²) in [7, 11) is 0. The van der Waals surface area contributed by atoms with E-state index in [0.29, 0.717) is 23.9 Å². The molecule has 2 aromatic carbocycles. The largest absolute Gasteiger partial charge is 0.257 e. The van der Waals surface area contributed by atoms with E-state index in [0.717, 1.165) is 53.4 Å². The van der Waals surface area contributed by atoms with Gasteiger partial charge < -0.3 is 0 Å². The first-order chi connectivity index (χ1) is 13.6. The van der Waals surface area contributed by atoms with E-state index < -0.39 is 11.6 Å². The van der Waals surface area contributed by atoms with Crippen LogP contribution < -0.4 is 0 Å². The Morgan fingerprint density at radius 2 is 1.57 bits per heavy atom. The highest BCUT2D eigenvalue weighted by atomic mass is 19.2. The maximum absolute atomic E-state index is 13.7. The molecule has 142 valence electrons. The average Bonchev–Trinajstić information content (AvgIpc) is 3.10. The summed E-state index contributed by atoms with van der Waals surface area (Å²) in [5.74, 6) is -1.20. The van der Waals surface area contributed by atoms with E-state index in [-0.39, 0.29) is 5.82 Å². The van der Waals surface area contributed by atoms with Crippen molar-refractivity contribution in [1.82, 2.24) is 4.98 Å². The quantitative estimate of drug-likeness (QED) is 0.515. The number of aliphatic imine (C=N–C) groups is 1. The van der Waals surface area contributed by atoms with Crippen LogP contribution in [0.5, 0.6) is 0 Å². The maximum atomic E-state index is 13.7.